The van der Waals surface area contributed by atoms with E-state index in [9.17, 15) is 4.79 Å². The summed E-state index contributed by atoms with van der Waals surface area (Å²) in [5.41, 5.74) is 1.08. The SMILES string of the molecule is O=C(NCc1ccccc1)/C(=C/P(c1ccccc1)c1ccccc1)P(c1ccccc1)c1ccccc1. The first-order chi connectivity index (χ1) is 18.8. The second-order valence-corrected chi connectivity index (χ2v) is 12.9. The van der Waals surface area contributed by atoms with E-state index in [4.69, 9.17) is 0 Å². The molecule has 38 heavy (non-hydrogen) atoms. The van der Waals surface area contributed by atoms with Crippen LogP contribution in [0.4, 0.5) is 0 Å². The fraction of sp³-hybridized carbons (Fsp3) is 0.0294. The minimum atomic E-state index is -1.08. The van der Waals surface area contributed by atoms with Gasteiger partial charge in [0.15, 0.2) is 0 Å². The van der Waals surface area contributed by atoms with Crippen molar-refractivity contribution in [2.45, 2.75) is 6.54 Å². The Labute approximate surface area is 227 Å². The molecule has 0 radical (unpaired) electrons. The summed E-state index contributed by atoms with van der Waals surface area (Å²) < 4.78 is 0. The van der Waals surface area contributed by atoms with E-state index in [1.165, 1.54) is 10.6 Å². The van der Waals surface area contributed by atoms with Crippen LogP contribution in [-0.4, -0.2) is 5.91 Å². The summed E-state index contributed by atoms with van der Waals surface area (Å²) in [4.78, 5) is 14.1. The predicted octanol–water partition coefficient (Wildman–Crippen LogP) is 6.41. The first kappa shape index (κ1) is 25.8. The Bertz CT molecular complexity index is 1380. The number of benzene rings is 5. The summed E-state index contributed by atoms with van der Waals surface area (Å²) in [5.74, 6) is 2.23. The largest absolute Gasteiger partial charge is 0.348 e. The molecular formula is C34H29NOP2. The molecule has 0 fully saturated rings. The van der Waals surface area contributed by atoms with Crippen LogP contribution in [0, 0.1) is 0 Å². The lowest BCUT2D eigenvalue weighted by Gasteiger charge is -2.24. The van der Waals surface area contributed by atoms with Gasteiger partial charge in [-0.25, -0.2) is 0 Å². The fourth-order valence-corrected chi connectivity index (χ4v) is 9.10. The third kappa shape index (κ3) is 6.53. The van der Waals surface area contributed by atoms with Crippen LogP contribution in [0.2, 0.25) is 0 Å². The summed E-state index contributed by atoms with van der Waals surface area (Å²) in [7, 11) is -1.99. The van der Waals surface area contributed by atoms with Crippen molar-refractivity contribution >= 4 is 43.0 Å². The lowest BCUT2D eigenvalue weighted by Crippen LogP contribution is -2.28. The third-order valence-electron chi connectivity index (χ3n) is 6.12. The Hall–Kier alpha value is -3.83. The van der Waals surface area contributed by atoms with Gasteiger partial charge in [0, 0.05) is 6.54 Å². The van der Waals surface area contributed by atoms with E-state index in [1.807, 2.05) is 54.6 Å². The van der Waals surface area contributed by atoms with E-state index in [2.05, 4.69) is 108 Å². The lowest BCUT2D eigenvalue weighted by atomic mass is 10.2. The van der Waals surface area contributed by atoms with Gasteiger partial charge in [0.1, 0.15) is 0 Å². The zero-order chi connectivity index (χ0) is 26.0. The van der Waals surface area contributed by atoms with Crippen LogP contribution in [0.25, 0.3) is 0 Å². The minimum Gasteiger partial charge on any atom is -0.348 e. The molecule has 1 N–H and O–H groups in total. The van der Waals surface area contributed by atoms with Crippen molar-refractivity contribution in [2.75, 3.05) is 0 Å². The molecule has 186 valence electrons. The van der Waals surface area contributed by atoms with Crippen LogP contribution in [0.15, 0.2) is 163 Å². The highest BCUT2D eigenvalue weighted by Gasteiger charge is 2.26. The molecule has 0 saturated heterocycles. The molecule has 0 bridgehead atoms. The summed E-state index contributed by atoms with van der Waals surface area (Å²) in [6, 6.07) is 52.0. The van der Waals surface area contributed by atoms with Crippen molar-refractivity contribution in [1.29, 1.82) is 0 Å². The average molecular weight is 530 g/mol. The Morgan fingerprint density at radius 1 is 0.526 bits per heavy atom. The second kappa shape index (κ2) is 13.1. The topological polar surface area (TPSA) is 29.1 Å². The minimum absolute atomic E-state index is 0.0213. The van der Waals surface area contributed by atoms with Crippen molar-refractivity contribution in [2.24, 2.45) is 0 Å². The molecule has 1 amide bonds. The summed E-state index contributed by atoms with van der Waals surface area (Å²) in [6.07, 6.45) is 0. The predicted molar refractivity (Wildman–Crippen MR) is 165 cm³/mol. The smallest absolute Gasteiger partial charge is 0.252 e. The Morgan fingerprint density at radius 3 is 1.32 bits per heavy atom. The third-order valence-corrected chi connectivity index (χ3v) is 11.0. The first-order valence-corrected chi connectivity index (χ1v) is 15.4. The van der Waals surface area contributed by atoms with E-state index in [-0.39, 0.29) is 5.91 Å². The molecule has 0 aromatic heterocycles. The normalized spacial score (nSPS) is 11.5. The molecule has 0 aliphatic rings. The average Bonchev–Trinajstić information content (AvgIpc) is 3.00. The number of nitrogens with one attached hydrogen (secondary N) is 1. The molecule has 0 aliphatic carbocycles. The molecule has 0 aliphatic heterocycles. The van der Waals surface area contributed by atoms with Crippen LogP contribution in [0.5, 0.6) is 0 Å². The summed E-state index contributed by atoms with van der Waals surface area (Å²) >= 11 is 0. The molecule has 0 heterocycles. The highest BCUT2D eigenvalue weighted by Crippen LogP contribution is 2.48. The molecular weight excluding hydrogens is 500 g/mol. The van der Waals surface area contributed by atoms with Gasteiger partial charge in [-0.2, -0.15) is 0 Å². The van der Waals surface area contributed by atoms with Gasteiger partial charge in [0.25, 0.3) is 5.91 Å². The molecule has 0 spiro atoms. The van der Waals surface area contributed by atoms with E-state index < -0.39 is 15.8 Å². The number of hydrogen-bond acceptors (Lipinski definition) is 1. The number of hydrogen-bond donors (Lipinski definition) is 1. The van der Waals surface area contributed by atoms with Crippen molar-refractivity contribution in [3.8, 4) is 0 Å². The van der Waals surface area contributed by atoms with Crippen LogP contribution in [0.1, 0.15) is 5.56 Å². The van der Waals surface area contributed by atoms with Gasteiger partial charge in [0.2, 0.25) is 0 Å². The number of carbonyl (C=O) groups is 1. The van der Waals surface area contributed by atoms with Crippen molar-refractivity contribution in [3.63, 3.8) is 0 Å². The van der Waals surface area contributed by atoms with E-state index in [1.54, 1.807) is 0 Å². The maximum Gasteiger partial charge on any atom is 0.252 e. The van der Waals surface area contributed by atoms with Crippen LogP contribution >= 0.6 is 15.8 Å². The first-order valence-electron chi connectivity index (χ1n) is 12.6. The number of amides is 1. The van der Waals surface area contributed by atoms with E-state index >= 15 is 0 Å². The Morgan fingerprint density at radius 2 is 0.895 bits per heavy atom. The van der Waals surface area contributed by atoms with E-state index in [0.717, 1.165) is 21.5 Å². The zero-order valence-electron chi connectivity index (χ0n) is 21.0. The molecule has 2 nitrogen and oxygen atoms in total. The Kier molecular flexibility index (Phi) is 8.90. The van der Waals surface area contributed by atoms with Crippen LogP contribution < -0.4 is 26.5 Å². The highest BCUT2D eigenvalue weighted by molar-refractivity contribution is 7.80. The Balaban J connectivity index is 1.65. The molecule has 5 aromatic carbocycles. The number of carbonyl (C=O) groups excluding carboxylic acids is 1. The van der Waals surface area contributed by atoms with Crippen LogP contribution in [0.3, 0.4) is 0 Å². The standard InChI is InChI=1S/C34H29NOP2/c36-34(35-26-28-16-6-1-7-17-28)33(38(31-22-12-4-13-23-31)32-24-14-5-15-25-32)27-37(29-18-8-2-9-19-29)30-20-10-3-11-21-30/h1-25,27H,26H2,(H,35,36)/b33-27-. The van der Waals surface area contributed by atoms with Crippen LogP contribution in [-0.2, 0) is 11.3 Å². The van der Waals surface area contributed by atoms with Gasteiger partial charge in [-0.1, -0.05) is 152 Å². The van der Waals surface area contributed by atoms with E-state index in [0.29, 0.717) is 6.54 Å². The molecule has 4 heteroatoms. The molecule has 0 unspecified atom stereocenters. The summed E-state index contributed by atoms with van der Waals surface area (Å²) in [6.45, 7) is 0.484. The monoisotopic (exact) mass is 529 g/mol. The molecule has 0 atom stereocenters. The quantitative estimate of drug-likeness (QED) is 0.174. The summed E-state index contributed by atoms with van der Waals surface area (Å²) in [5, 5.41) is 8.83. The highest BCUT2D eigenvalue weighted by atomic mass is 31.1. The zero-order valence-corrected chi connectivity index (χ0v) is 22.8. The van der Waals surface area contributed by atoms with Crippen molar-refractivity contribution in [3.05, 3.63) is 168 Å². The molecule has 0 saturated carbocycles. The van der Waals surface area contributed by atoms with Gasteiger partial charge in [-0.3, -0.25) is 4.79 Å². The van der Waals surface area contributed by atoms with Crippen molar-refractivity contribution in [1.82, 2.24) is 5.32 Å². The lowest BCUT2D eigenvalue weighted by molar-refractivity contribution is -0.117. The number of rotatable bonds is 9. The maximum atomic E-state index is 14.1. The van der Waals surface area contributed by atoms with Crippen molar-refractivity contribution < 1.29 is 4.79 Å². The fourth-order valence-electron chi connectivity index (χ4n) is 4.27. The van der Waals surface area contributed by atoms with Gasteiger partial charge in [-0.15, -0.1) is 0 Å². The van der Waals surface area contributed by atoms with Gasteiger partial charge >= 0.3 is 0 Å². The van der Waals surface area contributed by atoms with Gasteiger partial charge in [0.05, 0.1) is 5.31 Å². The second-order valence-electron chi connectivity index (χ2n) is 8.73. The van der Waals surface area contributed by atoms with Gasteiger partial charge in [-0.05, 0) is 48.4 Å². The molecule has 5 aromatic rings. The maximum absolute atomic E-state index is 14.1. The van der Waals surface area contributed by atoms with Gasteiger partial charge < -0.3 is 5.32 Å². The molecule has 5 rings (SSSR count).